The van der Waals surface area contributed by atoms with Crippen LogP contribution in [0.3, 0.4) is 0 Å². The first-order chi connectivity index (χ1) is 16.8. The Morgan fingerprint density at radius 3 is 2.60 bits per heavy atom. The minimum atomic E-state index is -0.464. The molecule has 1 aliphatic heterocycles. The van der Waals surface area contributed by atoms with Crippen molar-refractivity contribution in [2.45, 2.75) is 32.2 Å². The largest absolute Gasteiger partial charge is 0.507 e. The zero-order chi connectivity index (χ0) is 24.9. The molecular formula is C26H24N2O7. The van der Waals surface area contributed by atoms with Gasteiger partial charge in [0.2, 0.25) is 5.43 Å². The molecule has 0 radical (unpaired) electrons. The van der Waals surface area contributed by atoms with Gasteiger partial charge in [0.1, 0.15) is 28.7 Å². The molecule has 1 atom stereocenters. The van der Waals surface area contributed by atoms with Crippen LogP contribution in [0, 0.1) is 0 Å². The van der Waals surface area contributed by atoms with E-state index in [0.717, 1.165) is 5.69 Å². The summed E-state index contributed by atoms with van der Waals surface area (Å²) in [5.74, 6) is -0.107. The van der Waals surface area contributed by atoms with E-state index >= 15 is 0 Å². The third-order valence-electron chi connectivity index (χ3n) is 6.21. The molecule has 0 spiro atoms. The van der Waals surface area contributed by atoms with Crippen molar-refractivity contribution in [3.05, 3.63) is 64.3 Å². The van der Waals surface area contributed by atoms with E-state index in [-0.39, 0.29) is 40.5 Å². The number of methoxy groups -OCH3 is 2. The van der Waals surface area contributed by atoms with Crippen LogP contribution >= 0.6 is 0 Å². The number of carbonyl (C=O) groups excluding carboxylic acids is 1. The maximum atomic E-state index is 13.6. The lowest BCUT2D eigenvalue weighted by Crippen LogP contribution is -2.24. The van der Waals surface area contributed by atoms with Crippen LogP contribution in [0.15, 0.2) is 52.0 Å². The highest BCUT2D eigenvalue weighted by molar-refractivity contribution is 5.94. The first-order valence-electron chi connectivity index (χ1n) is 11.1. The highest BCUT2D eigenvalue weighted by atomic mass is 16.5. The topological polar surface area (TPSA) is 113 Å². The van der Waals surface area contributed by atoms with Crippen molar-refractivity contribution in [3.8, 4) is 34.1 Å². The Hall–Kier alpha value is -4.27. The molecule has 5 rings (SSSR count). The van der Waals surface area contributed by atoms with E-state index in [4.69, 9.17) is 18.6 Å². The molecule has 0 aliphatic carbocycles. The lowest BCUT2D eigenvalue weighted by molar-refractivity contribution is -0.135. The second-order valence-corrected chi connectivity index (χ2v) is 8.59. The molecule has 9 nitrogen and oxygen atoms in total. The number of carbonyl (C=O) groups is 1. The van der Waals surface area contributed by atoms with E-state index in [1.54, 1.807) is 24.4 Å². The highest BCUT2D eigenvalue weighted by Crippen LogP contribution is 2.46. The van der Waals surface area contributed by atoms with E-state index in [1.165, 1.54) is 26.5 Å². The van der Waals surface area contributed by atoms with E-state index in [0.29, 0.717) is 22.6 Å². The van der Waals surface area contributed by atoms with Crippen molar-refractivity contribution in [2.24, 2.45) is 0 Å². The quantitative estimate of drug-likeness (QED) is 0.333. The third-order valence-corrected chi connectivity index (χ3v) is 6.21. The van der Waals surface area contributed by atoms with E-state index in [9.17, 15) is 14.7 Å². The number of phenols is 1. The minimum Gasteiger partial charge on any atom is -0.507 e. The molecule has 0 bridgehead atoms. The summed E-state index contributed by atoms with van der Waals surface area (Å²) in [7, 11) is 3.03. The van der Waals surface area contributed by atoms with Crippen LogP contribution in [-0.4, -0.2) is 35.1 Å². The summed E-state index contributed by atoms with van der Waals surface area (Å²) in [6.07, 6.45) is 3.06. The van der Waals surface area contributed by atoms with Gasteiger partial charge in [0.15, 0.2) is 11.5 Å². The van der Waals surface area contributed by atoms with Crippen LogP contribution in [0.4, 0.5) is 0 Å². The molecule has 35 heavy (non-hydrogen) atoms. The summed E-state index contributed by atoms with van der Waals surface area (Å²) in [4.78, 5) is 26.0. The van der Waals surface area contributed by atoms with Crippen LogP contribution in [-0.2, 0) is 4.79 Å². The molecule has 0 saturated carbocycles. The van der Waals surface area contributed by atoms with Crippen LogP contribution in [0.1, 0.15) is 43.5 Å². The number of phenolic OH excluding ortho intramolecular Hbond substituents is 1. The number of hydrogen-bond acceptors (Lipinski definition) is 8. The van der Waals surface area contributed by atoms with E-state index in [1.807, 2.05) is 24.6 Å². The Bertz CT molecular complexity index is 1520. The number of fused-ring (bicyclic) bond motifs is 3. The fraction of sp³-hybridized carbons (Fsp3) is 0.269. The molecule has 1 N–H and O–H groups in total. The Balaban J connectivity index is 1.75. The fourth-order valence-electron chi connectivity index (χ4n) is 4.62. The maximum Gasteiger partial charge on any atom is 0.312 e. The molecule has 0 unspecified atom stereocenters. The minimum absolute atomic E-state index is 0.00889. The number of hydrogen-bond donors (Lipinski definition) is 1. The molecule has 180 valence electrons. The molecule has 1 aliphatic rings. The Morgan fingerprint density at radius 2 is 1.89 bits per heavy atom. The summed E-state index contributed by atoms with van der Waals surface area (Å²) >= 11 is 0. The smallest absolute Gasteiger partial charge is 0.312 e. The van der Waals surface area contributed by atoms with Crippen molar-refractivity contribution in [2.75, 3.05) is 14.2 Å². The summed E-state index contributed by atoms with van der Waals surface area (Å²) in [5, 5.41) is 15.2. The van der Waals surface area contributed by atoms with Gasteiger partial charge in [-0.1, -0.05) is 6.07 Å². The lowest BCUT2D eigenvalue weighted by atomic mass is 9.87. The van der Waals surface area contributed by atoms with Gasteiger partial charge < -0.3 is 23.7 Å². The average molecular weight is 476 g/mol. The number of aromatic nitrogens is 2. The molecule has 2 aromatic heterocycles. The second-order valence-electron chi connectivity index (χ2n) is 8.59. The summed E-state index contributed by atoms with van der Waals surface area (Å²) in [5.41, 5.74) is 1.84. The molecule has 2 aromatic carbocycles. The van der Waals surface area contributed by atoms with E-state index in [2.05, 4.69) is 5.10 Å². The third kappa shape index (κ3) is 3.60. The van der Waals surface area contributed by atoms with Gasteiger partial charge in [-0.15, -0.1) is 0 Å². The van der Waals surface area contributed by atoms with E-state index < -0.39 is 17.3 Å². The van der Waals surface area contributed by atoms with Gasteiger partial charge >= 0.3 is 5.97 Å². The SMILES string of the molecule is COc1ccc(-c2coc3c4c(cc(O)c3c2=O)OC(=O)C[C@H]4c2ccnn2C(C)C)cc1OC. The lowest BCUT2D eigenvalue weighted by Gasteiger charge is -2.27. The van der Waals surface area contributed by atoms with Gasteiger partial charge in [0.05, 0.1) is 26.2 Å². The molecular weight excluding hydrogens is 452 g/mol. The van der Waals surface area contributed by atoms with Gasteiger partial charge in [-0.2, -0.15) is 5.10 Å². The van der Waals surface area contributed by atoms with Crippen LogP contribution < -0.4 is 19.6 Å². The van der Waals surface area contributed by atoms with Crippen molar-refractivity contribution in [1.82, 2.24) is 9.78 Å². The predicted octanol–water partition coefficient (Wildman–Crippen LogP) is 4.40. The number of rotatable bonds is 5. The molecule has 0 amide bonds. The van der Waals surface area contributed by atoms with Gasteiger partial charge in [0, 0.05) is 35.5 Å². The molecule has 3 heterocycles. The molecule has 0 saturated heterocycles. The van der Waals surface area contributed by atoms with Gasteiger partial charge in [-0.05, 0) is 37.6 Å². The number of aromatic hydroxyl groups is 1. The highest BCUT2D eigenvalue weighted by Gasteiger charge is 2.35. The Kier molecular flexibility index (Phi) is 5.47. The second kappa shape index (κ2) is 8.50. The molecule has 4 aromatic rings. The van der Waals surface area contributed by atoms with Crippen LogP contribution in [0.2, 0.25) is 0 Å². The maximum absolute atomic E-state index is 13.6. The zero-order valence-electron chi connectivity index (χ0n) is 19.7. The van der Waals surface area contributed by atoms with Gasteiger partial charge in [0.25, 0.3) is 0 Å². The number of esters is 1. The monoisotopic (exact) mass is 476 g/mol. The fourth-order valence-corrected chi connectivity index (χ4v) is 4.62. The normalized spacial score (nSPS) is 15.2. The first-order valence-corrected chi connectivity index (χ1v) is 11.1. The first kappa shape index (κ1) is 22.5. The van der Waals surface area contributed by atoms with Crippen molar-refractivity contribution < 1.29 is 28.5 Å². The van der Waals surface area contributed by atoms with Crippen LogP contribution in [0.5, 0.6) is 23.0 Å². The summed E-state index contributed by atoms with van der Waals surface area (Å²) in [6, 6.07) is 8.24. The van der Waals surface area contributed by atoms with Crippen molar-refractivity contribution in [3.63, 3.8) is 0 Å². The standard InChI is InChI=1S/C26H24N2O7/c1-13(2)28-17(7-8-27-28)15-10-22(30)35-21-11-18(29)24-25(31)16(12-34-26(24)23(15)21)14-5-6-19(32-3)20(9-14)33-4/h5-9,11-13,15,29H,10H2,1-4H3/t15-/m0/s1. The molecule has 9 heteroatoms. The number of benzene rings is 2. The van der Waals surface area contributed by atoms with Crippen molar-refractivity contribution in [1.29, 1.82) is 0 Å². The Morgan fingerprint density at radius 1 is 1.11 bits per heavy atom. The predicted molar refractivity (Wildman–Crippen MR) is 127 cm³/mol. The average Bonchev–Trinajstić information content (AvgIpc) is 3.33. The number of nitrogens with zero attached hydrogens (tertiary/aromatic N) is 2. The van der Waals surface area contributed by atoms with Gasteiger partial charge in [-0.3, -0.25) is 14.3 Å². The number of ether oxygens (including phenoxy) is 3. The molecule has 0 fully saturated rings. The Labute approximate surface area is 200 Å². The van der Waals surface area contributed by atoms with Gasteiger partial charge in [-0.25, -0.2) is 0 Å². The van der Waals surface area contributed by atoms with Crippen molar-refractivity contribution >= 4 is 16.9 Å². The summed E-state index contributed by atoms with van der Waals surface area (Å²) in [6.45, 7) is 3.98. The zero-order valence-corrected chi connectivity index (χ0v) is 19.7. The van der Waals surface area contributed by atoms with Crippen LogP contribution in [0.25, 0.3) is 22.1 Å². The summed E-state index contributed by atoms with van der Waals surface area (Å²) < 4.78 is 23.9.